The van der Waals surface area contributed by atoms with E-state index in [0.717, 1.165) is 23.5 Å². The lowest BCUT2D eigenvalue weighted by molar-refractivity contribution is -0.134. The minimum atomic E-state index is -0.143. The Morgan fingerprint density at radius 1 is 1.00 bits per heavy atom. The summed E-state index contributed by atoms with van der Waals surface area (Å²) in [5, 5.41) is 6.97. The third-order valence-electron chi connectivity index (χ3n) is 6.39. The number of hydrogen-bond donors (Lipinski definition) is 1. The predicted molar refractivity (Wildman–Crippen MR) is 112 cm³/mol. The van der Waals surface area contributed by atoms with Gasteiger partial charge in [0.05, 0.1) is 6.26 Å². The highest BCUT2D eigenvalue weighted by Gasteiger charge is 2.46. The van der Waals surface area contributed by atoms with Crippen molar-refractivity contribution < 1.29 is 23.5 Å². The number of fused-ring (bicyclic) bond motifs is 1. The van der Waals surface area contributed by atoms with Gasteiger partial charge in [-0.15, -0.1) is 0 Å². The average molecular weight is 434 g/mol. The molecule has 6 rings (SSSR count). The summed E-state index contributed by atoms with van der Waals surface area (Å²) in [7, 11) is 0. The quantitative estimate of drug-likeness (QED) is 0.677. The number of furan rings is 1. The summed E-state index contributed by atoms with van der Waals surface area (Å²) in [5.41, 5.74) is 2.13. The van der Waals surface area contributed by atoms with Gasteiger partial charge in [-0.2, -0.15) is 5.10 Å². The van der Waals surface area contributed by atoms with Crippen molar-refractivity contribution in [3.05, 3.63) is 53.9 Å². The van der Waals surface area contributed by atoms with Gasteiger partial charge in [0.1, 0.15) is 5.69 Å². The molecule has 3 aliphatic rings. The first-order chi connectivity index (χ1) is 15.7. The fourth-order valence-corrected chi connectivity index (χ4v) is 4.50. The van der Waals surface area contributed by atoms with Crippen LogP contribution in [0, 0.1) is 5.92 Å². The van der Waals surface area contributed by atoms with Crippen molar-refractivity contribution in [2.24, 2.45) is 5.92 Å². The number of rotatable bonds is 4. The molecule has 32 heavy (non-hydrogen) atoms. The van der Waals surface area contributed by atoms with Gasteiger partial charge in [0.15, 0.2) is 23.0 Å². The molecule has 2 unspecified atom stereocenters. The van der Waals surface area contributed by atoms with Gasteiger partial charge in [-0.3, -0.25) is 14.7 Å². The van der Waals surface area contributed by atoms with Gasteiger partial charge in [-0.1, -0.05) is 6.07 Å². The Morgan fingerprint density at radius 3 is 2.62 bits per heavy atom. The highest BCUT2D eigenvalue weighted by Crippen LogP contribution is 2.50. The number of amides is 2. The summed E-state index contributed by atoms with van der Waals surface area (Å²) >= 11 is 0. The molecule has 164 valence electrons. The number of carbonyl (C=O) groups is 2. The Kier molecular flexibility index (Phi) is 4.41. The Morgan fingerprint density at radius 2 is 1.81 bits per heavy atom. The van der Waals surface area contributed by atoms with Crippen LogP contribution in [0.1, 0.15) is 28.4 Å². The van der Waals surface area contributed by atoms with Gasteiger partial charge in [0, 0.05) is 38.2 Å². The maximum absolute atomic E-state index is 13.0. The summed E-state index contributed by atoms with van der Waals surface area (Å²) in [5.74, 6) is 2.39. The molecule has 0 bridgehead atoms. The first-order valence-corrected chi connectivity index (χ1v) is 10.7. The Labute approximate surface area is 183 Å². The van der Waals surface area contributed by atoms with Gasteiger partial charge in [0.2, 0.25) is 12.7 Å². The lowest BCUT2D eigenvalue weighted by atomic mass is 10.1. The molecule has 0 radical (unpaired) electrons. The maximum Gasteiger partial charge on any atom is 0.274 e. The minimum Gasteiger partial charge on any atom is -0.463 e. The van der Waals surface area contributed by atoms with Crippen LogP contribution in [0.5, 0.6) is 11.5 Å². The zero-order chi connectivity index (χ0) is 21.7. The Hall–Kier alpha value is -3.75. The van der Waals surface area contributed by atoms with Crippen molar-refractivity contribution in [1.82, 2.24) is 20.0 Å². The first-order valence-electron chi connectivity index (χ1n) is 10.7. The monoisotopic (exact) mass is 434 g/mol. The van der Waals surface area contributed by atoms with E-state index in [0.29, 0.717) is 43.3 Å². The molecule has 2 amide bonds. The number of piperazine rings is 1. The van der Waals surface area contributed by atoms with E-state index in [1.54, 1.807) is 29.4 Å². The third kappa shape index (κ3) is 3.30. The summed E-state index contributed by atoms with van der Waals surface area (Å²) in [4.78, 5) is 29.4. The number of nitrogens with one attached hydrogen (secondary N) is 1. The van der Waals surface area contributed by atoms with Crippen molar-refractivity contribution in [1.29, 1.82) is 0 Å². The summed E-state index contributed by atoms with van der Waals surface area (Å²) < 4.78 is 16.2. The number of H-pyrrole nitrogens is 1. The van der Waals surface area contributed by atoms with E-state index in [-0.39, 0.29) is 30.4 Å². The van der Waals surface area contributed by atoms with Crippen LogP contribution in [-0.4, -0.2) is 64.8 Å². The van der Waals surface area contributed by atoms with Crippen molar-refractivity contribution in [3.8, 4) is 23.0 Å². The van der Waals surface area contributed by atoms with Crippen LogP contribution in [0.25, 0.3) is 11.5 Å². The molecule has 9 nitrogen and oxygen atoms in total. The molecule has 1 N–H and O–H groups in total. The number of benzene rings is 1. The van der Waals surface area contributed by atoms with Crippen molar-refractivity contribution in [2.45, 2.75) is 12.3 Å². The van der Waals surface area contributed by atoms with Crippen LogP contribution < -0.4 is 9.47 Å². The molecule has 3 aromatic rings. The molecule has 2 fully saturated rings. The van der Waals surface area contributed by atoms with Crippen LogP contribution >= 0.6 is 0 Å². The molecular formula is C23H22N4O5. The average Bonchev–Trinajstić information content (AvgIpc) is 3.25. The molecular weight excluding hydrogens is 412 g/mol. The molecule has 1 saturated carbocycles. The van der Waals surface area contributed by atoms with E-state index >= 15 is 0 Å². The standard InChI is InChI=1S/C23H22N4O5/c28-22(16-11-15(16)14-3-4-20-21(10-14)32-13-31-20)26-5-7-27(8-6-26)23(29)18-12-17(24-25-18)19-2-1-9-30-19/h1-4,9-10,12,15-16H,5-8,11,13H2,(H,24,25). The lowest BCUT2D eigenvalue weighted by Gasteiger charge is -2.34. The molecule has 2 aliphatic heterocycles. The fourth-order valence-electron chi connectivity index (χ4n) is 4.50. The third-order valence-corrected chi connectivity index (χ3v) is 6.39. The summed E-state index contributed by atoms with van der Waals surface area (Å²) in [6.07, 6.45) is 2.42. The molecule has 1 aromatic carbocycles. The number of ether oxygens (including phenoxy) is 2. The Balaban J connectivity index is 1.05. The van der Waals surface area contributed by atoms with Gasteiger partial charge in [0.25, 0.3) is 5.91 Å². The number of hydrogen-bond acceptors (Lipinski definition) is 6. The number of aromatic amines is 1. The van der Waals surface area contributed by atoms with Crippen LogP contribution in [-0.2, 0) is 4.79 Å². The minimum absolute atomic E-state index is 0.000169. The fraction of sp³-hybridized carbons (Fsp3) is 0.348. The summed E-state index contributed by atoms with van der Waals surface area (Å²) in [6.45, 7) is 2.30. The van der Waals surface area contributed by atoms with Crippen LogP contribution in [0.4, 0.5) is 0 Å². The largest absolute Gasteiger partial charge is 0.463 e. The van der Waals surface area contributed by atoms with E-state index in [9.17, 15) is 9.59 Å². The first kappa shape index (κ1) is 19.0. The van der Waals surface area contributed by atoms with E-state index in [2.05, 4.69) is 10.2 Å². The van der Waals surface area contributed by atoms with Crippen molar-refractivity contribution >= 4 is 11.8 Å². The number of aromatic nitrogens is 2. The van der Waals surface area contributed by atoms with Crippen molar-refractivity contribution in [3.63, 3.8) is 0 Å². The normalized spacial score (nSPS) is 21.6. The van der Waals surface area contributed by atoms with Gasteiger partial charge in [-0.25, -0.2) is 0 Å². The zero-order valence-electron chi connectivity index (χ0n) is 17.3. The van der Waals surface area contributed by atoms with Crippen LogP contribution in [0.15, 0.2) is 47.1 Å². The van der Waals surface area contributed by atoms with Gasteiger partial charge < -0.3 is 23.7 Å². The zero-order valence-corrected chi connectivity index (χ0v) is 17.3. The Bertz CT molecular complexity index is 1160. The molecule has 2 atom stereocenters. The van der Waals surface area contributed by atoms with E-state index in [1.165, 1.54) is 0 Å². The van der Waals surface area contributed by atoms with E-state index in [1.807, 2.05) is 23.1 Å². The van der Waals surface area contributed by atoms with Gasteiger partial charge in [-0.05, 0) is 42.2 Å². The topological polar surface area (TPSA) is 101 Å². The predicted octanol–water partition coefficient (Wildman–Crippen LogP) is 2.49. The second-order valence-corrected chi connectivity index (χ2v) is 8.32. The molecule has 2 aromatic heterocycles. The SMILES string of the molecule is O=C(c1cc(-c2ccco2)[nH]n1)N1CCN(C(=O)C2CC2c2ccc3c(c2)OCO3)CC1. The second-order valence-electron chi connectivity index (χ2n) is 8.32. The van der Waals surface area contributed by atoms with Crippen LogP contribution in [0.2, 0.25) is 0 Å². The molecule has 4 heterocycles. The molecule has 0 spiro atoms. The number of nitrogens with zero attached hydrogens (tertiary/aromatic N) is 3. The van der Waals surface area contributed by atoms with Gasteiger partial charge >= 0.3 is 0 Å². The molecule has 9 heteroatoms. The van der Waals surface area contributed by atoms with E-state index in [4.69, 9.17) is 13.9 Å². The smallest absolute Gasteiger partial charge is 0.274 e. The lowest BCUT2D eigenvalue weighted by Crippen LogP contribution is -2.51. The highest BCUT2D eigenvalue weighted by molar-refractivity contribution is 5.93. The van der Waals surface area contributed by atoms with Crippen LogP contribution in [0.3, 0.4) is 0 Å². The highest BCUT2D eigenvalue weighted by atomic mass is 16.7. The molecule has 1 aliphatic carbocycles. The maximum atomic E-state index is 13.0. The second kappa shape index (κ2) is 7.44. The summed E-state index contributed by atoms with van der Waals surface area (Å²) in [6, 6.07) is 11.2. The van der Waals surface area contributed by atoms with E-state index < -0.39 is 0 Å². The number of carbonyl (C=O) groups excluding carboxylic acids is 2. The van der Waals surface area contributed by atoms with Crippen molar-refractivity contribution in [2.75, 3.05) is 33.0 Å². The molecule has 1 saturated heterocycles.